The lowest BCUT2D eigenvalue weighted by atomic mass is 9.96. The zero-order valence-electron chi connectivity index (χ0n) is 11.0. The van der Waals surface area contributed by atoms with Gasteiger partial charge in [0, 0.05) is 5.25 Å². The maximum absolute atomic E-state index is 5.83. The normalized spacial score (nSPS) is 27.1. The summed E-state index contributed by atoms with van der Waals surface area (Å²) in [5, 5.41) is 0.746. The molecule has 1 saturated heterocycles. The quantitative estimate of drug-likeness (QED) is 0.661. The summed E-state index contributed by atoms with van der Waals surface area (Å²) in [6.07, 6.45) is 15.8. The molecule has 2 heteroatoms. The third kappa shape index (κ3) is 5.37. The minimum atomic E-state index is 0.746. The summed E-state index contributed by atoms with van der Waals surface area (Å²) >= 11 is 2.13. The van der Waals surface area contributed by atoms with Gasteiger partial charge in [-0.3, -0.25) is 0 Å². The van der Waals surface area contributed by atoms with E-state index in [9.17, 15) is 0 Å². The first-order valence-corrected chi connectivity index (χ1v) is 8.41. The van der Waals surface area contributed by atoms with E-state index in [1.165, 1.54) is 70.0 Å². The van der Waals surface area contributed by atoms with Crippen LogP contribution in [0.2, 0.25) is 0 Å². The van der Waals surface area contributed by atoms with Crippen molar-refractivity contribution in [3.8, 4) is 0 Å². The van der Waals surface area contributed by atoms with Crippen LogP contribution in [0.4, 0.5) is 0 Å². The molecule has 0 radical (unpaired) electrons. The molecule has 1 heterocycles. The van der Waals surface area contributed by atoms with Crippen LogP contribution >= 0.6 is 11.8 Å². The highest BCUT2D eigenvalue weighted by atomic mass is 32.2. The molecule has 0 aromatic carbocycles. The van der Waals surface area contributed by atoms with Crippen molar-refractivity contribution in [3.63, 3.8) is 0 Å². The molecule has 0 spiro atoms. The topological polar surface area (TPSA) is 9.23 Å². The number of thioether (sulfide) groups is 1. The molecule has 17 heavy (non-hydrogen) atoms. The summed E-state index contributed by atoms with van der Waals surface area (Å²) in [6.45, 7) is 0.939. The molecule has 2 fully saturated rings. The van der Waals surface area contributed by atoms with Crippen molar-refractivity contribution in [2.75, 3.05) is 12.4 Å². The zero-order chi connectivity index (χ0) is 11.8. The van der Waals surface area contributed by atoms with E-state index < -0.39 is 0 Å². The third-order valence-electron chi connectivity index (χ3n) is 3.80. The van der Waals surface area contributed by atoms with E-state index in [2.05, 4.69) is 18.0 Å². The first-order chi connectivity index (χ1) is 8.45. The molecular weight excluding hydrogens is 228 g/mol. The number of hydrogen-bond donors (Lipinski definition) is 0. The Balaban J connectivity index is 1.65. The molecule has 0 aromatic heterocycles. The van der Waals surface area contributed by atoms with Crippen molar-refractivity contribution in [2.24, 2.45) is 0 Å². The minimum absolute atomic E-state index is 0.746. The second kappa shape index (κ2) is 8.07. The molecule has 2 aliphatic rings. The highest BCUT2D eigenvalue weighted by Gasteiger charge is 2.12. The lowest BCUT2D eigenvalue weighted by molar-refractivity contribution is 0.239. The van der Waals surface area contributed by atoms with E-state index in [0.717, 1.165) is 11.9 Å². The van der Waals surface area contributed by atoms with Crippen LogP contribution < -0.4 is 0 Å². The van der Waals surface area contributed by atoms with Gasteiger partial charge in [-0.15, -0.1) is 0 Å². The number of hydrogen-bond acceptors (Lipinski definition) is 2. The van der Waals surface area contributed by atoms with E-state index in [1.54, 1.807) is 5.57 Å². The van der Waals surface area contributed by atoms with Crippen molar-refractivity contribution in [3.05, 3.63) is 11.8 Å². The summed E-state index contributed by atoms with van der Waals surface area (Å²) in [7, 11) is 0. The Morgan fingerprint density at radius 3 is 2.65 bits per heavy atom. The van der Waals surface area contributed by atoms with Crippen molar-refractivity contribution < 1.29 is 4.74 Å². The van der Waals surface area contributed by atoms with Crippen LogP contribution in [0.5, 0.6) is 0 Å². The highest BCUT2D eigenvalue weighted by molar-refractivity contribution is 7.99. The molecule has 0 aromatic rings. The predicted molar refractivity (Wildman–Crippen MR) is 76.5 cm³/mol. The molecule has 0 amide bonds. The molecule has 98 valence electrons. The molecule has 1 saturated carbocycles. The highest BCUT2D eigenvalue weighted by Crippen LogP contribution is 2.25. The molecule has 1 aliphatic heterocycles. The second-order valence-electron chi connectivity index (χ2n) is 5.37. The van der Waals surface area contributed by atoms with Gasteiger partial charge in [-0.05, 0) is 49.9 Å². The Hall–Kier alpha value is -0.110. The SMILES string of the molecule is C(OCC1CCCCCCS1)=C1CCCCC1. The van der Waals surface area contributed by atoms with Gasteiger partial charge in [0.05, 0.1) is 12.9 Å². The molecule has 1 unspecified atom stereocenters. The molecule has 2 rings (SSSR count). The van der Waals surface area contributed by atoms with Gasteiger partial charge in [-0.25, -0.2) is 0 Å². The maximum atomic E-state index is 5.83. The Morgan fingerprint density at radius 2 is 1.76 bits per heavy atom. The average molecular weight is 254 g/mol. The van der Waals surface area contributed by atoms with E-state index in [0.29, 0.717) is 0 Å². The van der Waals surface area contributed by atoms with Crippen LogP contribution in [0.25, 0.3) is 0 Å². The Kier molecular flexibility index (Phi) is 6.33. The average Bonchev–Trinajstić information content (AvgIpc) is 2.33. The minimum Gasteiger partial charge on any atom is -0.500 e. The van der Waals surface area contributed by atoms with Crippen molar-refractivity contribution >= 4 is 11.8 Å². The van der Waals surface area contributed by atoms with Gasteiger partial charge in [0.25, 0.3) is 0 Å². The predicted octanol–water partition coefficient (Wildman–Crippen LogP) is 4.92. The lowest BCUT2D eigenvalue weighted by Crippen LogP contribution is -2.13. The van der Waals surface area contributed by atoms with E-state index in [4.69, 9.17) is 4.74 Å². The van der Waals surface area contributed by atoms with E-state index in [1.807, 2.05) is 0 Å². The summed E-state index contributed by atoms with van der Waals surface area (Å²) in [5.41, 5.74) is 1.55. The zero-order valence-corrected chi connectivity index (χ0v) is 11.8. The molecule has 1 aliphatic carbocycles. The number of rotatable bonds is 3. The Morgan fingerprint density at radius 1 is 1.00 bits per heavy atom. The molecular formula is C15H26OS. The standard InChI is InChI=1S/C15H26OS/c1-2-7-11-17-15(10-6-1)13-16-12-14-8-4-3-5-9-14/h12,15H,1-11,13H2. The summed E-state index contributed by atoms with van der Waals surface area (Å²) in [6, 6.07) is 0. The van der Waals surface area contributed by atoms with Gasteiger partial charge in [-0.1, -0.05) is 25.7 Å². The molecule has 0 bridgehead atoms. The van der Waals surface area contributed by atoms with Crippen LogP contribution in [-0.2, 0) is 4.74 Å². The second-order valence-corrected chi connectivity index (χ2v) is 6.77. The van der Waals surface area contributed by atoms with E-state index >= 15 is 0 Å². The van der Waals surface area contributed by atoms with Crippen LogP contribution in [0.15, 0.2) is 11.8 Å². The van der Waals surface area contributed by atoms with Gasteiger partial charge in [0.1, 0.15) is 0 Å². The van der Waals surface area contributed by atoms with Crippen molar-refractivity contribution in [1.29, 1.82) is 0 Å². The fourth-order valence-corrected chi connectivity index (χ4v) is 3.90. The molecule has 1 nitrogen and oxygen atoms in total. The maximum Gasteiger partial charge on any atom is 0.0991 e. The summed E-state index contributed by atoms with van der Waals surface area (Å²) in [4.78, 5) is 0. The fourth-order valence-electron chi connectivity index (χ4n) is 2.69. The Labute approximate surface area is 110 Å². The van der Waals surface area contributed by atoms with Crippen LogP contribution in [0.1, 0.15) is 64.2 Å². The monoisotopic (exact) mass is 254 g/mol. The summed E-state index contributed by atoms with van der Waals surface area (Å²) < 4.78 is 5.83. The Bertz CT molecular complexity index is 221. The summed E-state index contributed by atoms with van der Waals surface area (Å²) in [5.74, 6) is 1.34. The van der Waals surface area contributed by atoms with Crippen LogP contribution in [0.3, 0.4) is 0 Å². The van der Waals surface area contributed by atoms with Crippen molar-refractivity contribution in [1.82, 2.24) is 0 Å². The lowest BCUT2D eigenvalue weighted by Gasteiger charge is -2.19. The van der Waals surface area contributed by atoms with Crippen LogP contribution in [-0.4, -0.2) is 17.6 Å². The molecule has 1 atom stereocenters. The van der Waals surface area contributed by atoms with E-state index in [-0.39, 0.29) is 0 Å². The first-order valence-electron chi connectivity index (χ1n) is 7.36. The number of allylic oxidation sites excluding steroid dienone is 1. The van der Waals surface area contributed by atoms with Gasteiger partial charge in [0.15, 0.2) is 0 Å². The fraction of sp³-hybridized carbons (Fsp3) is 0.867. The van der Waals surface area contributed by atoms with Gasteiger partial charge in [-0.2, -0.15) is 11.8 Å². The molecule has 0 N–H and O–H groups in total. The van der Waals surface area contributed by atoms with Gasteiger partial charge < -0.3 is 4.74 Å². The first kappa shape index (κ1) is 13.3. The van der Waals surface area contributed by atoms with Crippen molar-refractivity contribution in [2.45, 2.75) is 69.5 Å². The third-order valence-corrected chi connectivity index (χ3v) is 5.17. The largest absolute Gasteiger partial charge is 0.500 e. The van der Waals surface area contributed by atoms with Crippen LogP contribution in [0, 0.1) is 0 Å². The van der Waals surface area contributed by atoms with Gasteiger partial charge >= 0.3 is 0 Å². The number of ether oxygens (including phenoxy) is 1. The van der Waals surface area contributed by atoms with Gasteiger partial charge in [0.2, 0.25) is 0 Å². The smallest absolute Gasteiger partial charge is 0.0991 e.